The number of fused-ring (bicyclic) bond motifs is 1. The Morgan fingerprint density at radius 2 is 2.04 bits per heavy atom. The minimum atomic E-state index is -0.196. The molecule has 1 aromatic rings. The van der Waals surface area contributed by atoms with Crippen molar-refractivity contribution in [2.75, 3.05) is 24.5 Å². The molecule has 2 amide bonds. The van der Waals surface area contributed by atoms with Crippen LogP contribution in [0.4, 0.5) is 5.69 Å². The second-order valence-electron chi connectivity index (χ2n) is 8.08. The summed E-state index contributed by atoms with van der Waals surface area (Å²) in [7, 11) is 0. The second kappa shape index (κ2) is 7.39. The number of rotatable bonds is 4. The molecule has 2 N–H and O–H groups in total. The minimum absolute atomic E-state index is 0.196. The van der Waals surface area contributed by atoms with E-state index in [1.807, 2.05) is 29.2 Å². The third kappa shape index (κ3) is 3.25. The molecule has 1 aliphatic carbocycles. The van der Waals surface area contributed by atoms with Crippen molar-refractivity contribution in [2.24, 2.45) is 11.3 Å². The monoisotopic (exact) mass is 355 g/mol. The Kier molecular flexibility index (Phi) is 4.98. The maximum Gasteiger partial charge on any atom is 0.228 e. The number of carbonyl (C=O) groups is 2. The summed E-state index contributed by atoms with van der Waals surface area (Å²) in [5.74, 6) is 0.916. The molecule has 140 valence electrons. The number of piperidine rings is 1. The number of hydrogen-bond donors (Lipinski definition) is 2. The van der Waals surface area contributed by atoms with Gasteiger partial charge >= 0.3 is 0 Å². The van der Waals surface area contributed by atoms with E-state index in [9.17, 15) is 9.59 Å². The maximum atomic E-state index is 12.9. The fraction of sp³-hybridized carbons (Fsp3) is 0.619. The topological polar surface area (TPSA) is 61.4 Å². The van der Waals surface area contributed by atoms with Crippen LogP contribution < -0.4 is 15.5 Å². The fourth-order valence-corrected chi connectivity index (χ4v) is 4.92. The van der Waals surface area contributed by atoms with Crippen LogP contribution in [0, 0.1) is 11.3 Å². The number of nitrogens with zero attached hydrogens (tertiary/aromatic N) is 1. The third-order valence-electron chi connectivity index (χ3n) is 6.51. The van der Waals surface area contributed by atoms with Crippen molar-refractivity contribution in [1.29, 1.82) is 0 Å². The normalized spacial score (nSPS) is 28.7. The Balaban J connectivity index is 1.37. The van der Waals surface area contributed by atoms with E-state index in [1.54, 1.807) is 0 Å². The predicted octanol–water partition coefficient (Wildman–Crippen LogP) is 2.60. The maximum absolute atomic E-state index is 12.9. The van der Waals surface area contributed by atoms with Gasteiger partial charge in [0.2, 0.25) is 11.8 Å². The van der Waals surface area contributed by atoms with E-state index in [4.69, 9.17) is 0 Å². The van der Waals surface area contributed by atoms with E-state index in [1.165, 1.54) is 12.8 Å². The highest BCUT2D eigenvalue weighted by atomic mass is 16.2. The number of amides is 2. The zero-order chi connectivity index (χ0) is 18.0. The van der Waals surface area contributed by atoms with Gasteiger partial charge in [-0.1, -0.05) is 25.0 Å². The quantitative estimate of drug-likeness (QED) is 0.873. The van der Waals surface area contributed by atoms with Crippen molar-refractivity contribution in [1.82, 2.24) is 10.6 Å². The average Bonchev–Trinajstić information content (AvgIpc) is 3.12. The molecule has 2 heterocycles. The van der Waals surface area contributed by atoms with Gasteiger partial charge in [0.1, 0.15) is 0 Å². The number of nitrogens with one attached hydrogen (secondary N) is 2. The zero-order valence-electron chi connectivity index (χ0n) is 15.4. The van der Waals surface area contributed by atoms with Crippen LogP contribution in [-0.4, -0.2) is 31.4 Å². The second-order valence-corrected chi connectivity index (χ2v) is 8.08. The molecule has 26 heavy (non-hydrogen) atoms. The molecular formula is C21H29N3O2. The van der Waals surface area contributed by atoms with Crippen molar-refractivity contribution in [3.63, 3.8) is 0 Å². The lowest BCUT2D eigenvalue weighted by atomic mass is 9.67. The summed E-state index contributed by atoms with van der Waals surface area (Å²) in [6.07, 6.45) is 7.29. The molecule has 5 heteroatoms. The first kappa shape index (κ1) is 17.5. The molecule has 2 saturated heterocycles. The van der Waals surface area contributed by atoms with Crippen LogP contribution in [0.2, 0.25) is 0 Å². The summed E-state index contributed by atoms with van der Waals surface area (Å²) in [6, 6.07) is 8.06. The first-order valence-electron chi connectivity index (χ1n) is 10.1. The van der Waals surface area contributed by atoms with Crippen molar-refractivity contribution < 1.29 is 9.59 Å². The molecule has 3 fully saturated rings. The molecular weight excluding hydrogens is 326 g/mol. The first-order valence-corrected chi connectivity index (χ1v) is 10.1. The van der Waals surface area contributed by atoms with Gasteiger partial charge in [0.15, 0.2) is 0 Å². The highest BCUT2D eigenvalue weighted by Crippen LogP contribution is 2.43. The van der Waals surface area contributed by atoms with Gasteiger partial charge in [-0.15, -0.1) is 0 Å². The van der Waals surface area contributed by atoms with Gasteiger partial charge < -0.3 is 15.5 Å². The molecule has 0 bridgehead atoms. The summed E-state index contributed by atoms with van der Waals surface area (Å²) < 4.78 is 0. The summed E-state index contributed by atoms with van der Waals surface area (Å²) in [4.78, 5) is 26.8. The summed E-state index contributed by atoms with van der Waals surface area (Å²) in [5, 5.41) is 6.61. The Labute approximate surface area is 155 Å². The largest absolute Gasteiger partial charge is 0.351 e. The van der Waals surface area contributed by atoms with Crippen LogP contribution in [0.15, 0.2) is 24.3 Å². The lowest BCUT2D eigenvalue weighted by Gasteiger charge is -2.37. The number of anilines is 1. The standard InChI is InChI=1S/C21H29N3O2/c25-19-6-2-4-12-24(19)18-9-7-16(8-10-18)13-23-20(26)21-11-3-1-5-17(21)14-22-15-21/h7-10,17,22H,1-6,11-15H2,(H,23,26)/t17-,21+/m0/s1. The predicted molar refractivity (Wildman–Crippen MR) is 102 cm³/mol. The van der Waals surface area contributed by atoms with Gasteiger partial charge in [0, 0.05) is 31.7 Å². The SMILES string of the molecule is O=C1CCCCN1c1ccc(CNC(=O)[C@@]23CCCC[C@H]2CNC3)cc1. The Morgan fingerprint density at radius 3 is 2.85 bits per heavy atom. The van der Waals surface area contributed by atoms with Crippen molar-refractivity contribution >= 4 is 17.5 Å². The molecule has 5 nitrogen and oxygen atoms in total. The van der Waals surface area contributed by atoms with Gasteiger partial charge in [-0.05, 0) is 55.8 Å². The Morgan fingerprint density at radius 1 is 1.19 bits per heavy atom. The van der Waals surface area contributed by atoms with E-state index in [-0.39, 0.29) is 17.2 Å². The average molecular weight is 355 g/mol. The number of hydrogen-bond acceptors (Lipinski definition) is 3. The van der Waals surface area contributed by atoms with E-state index in [0.717, 1.165) is 56.6 Å². The summed E-state index contributed by atoms with van der Waals surface area (Å²) in [6.45, 7) is 3.17. The zero-order valence-corrected chi connectivity index (χ0v) is 15.4. The summed E-state index contributed by atoms with van der Waals surface area (Å²) >= 11 is 0. The molecule has 0 unspecified atom stereocenters. The Bertz CT molecular complexity index is 672. The highest BCUT2D eigenvalue weighted by molar-refractivity contribution is 5.94. The number of carbonyl (C=O) groups excluding carboxylic acids is 2. The first-order chi connectivity index (χ1) is 12.7. The molecule has 0 radical (unpaired) electrons. The fourth-order valence-electron chi connectivity index (χ4n) is 4.92. The van der Waals surface area contributed by atoms with Crippen LogP contribution in [0.3, 0.4) is 0 Å². The molecule has 2 aliphatic heterocycles. The van der Waals surface area contributed by atoms with Gasteiger partial charge in [0.25, 0.3) is 0 Å². The van der Waals surface area contributed by atoms with Crippen molar-refractivity contribution in [2.45, 2.75) is 51.5 Å². The Hall–Kier alpha value is -1.88. The third-order valence-corrected chi connectivity index (χ3v) is 6.51. The van der Waals surface area contributed by atoms with Crippen LogP contribution in [0.5, 0.6) is 0 Å². The van der Waals surface area contributed by atoms with Gasteiger partial charge in [0.05, 0.1) is 5.41 Å². The minimum Gasteiger partial charge on any atom is -0.351 e. The number of benzene rings is 1. The molecule has 3 aliphatic rings. The molecule has 0 aromatic heterocycles. The van der Waals surface area contributed by atoms with E-state index in [2.05, 4.69) is 10.6 Å². The molecule has 4 rings (SSSR count). The summed E-state index contributed by atoms with van der Waals surface area (Å²) in [5.41, 5.74) is 1.86. The van der Waals surface area contributed by atoms with Crippen molar-refractivity contribution in [3.05, 3.63) is 29.8 Å². The van der Waals surface area contributed by atoms with Gasteiger partial charge in [-0.25, -0.2) is 0 Å². The van der Waals surface area contributed by atoms with Gasteiger partial charge in [-0.3, -0.25) is 9.59 Å². The van der Waals surface area contributed by atoms with Gasteiger partial charge in [-0.2, -0.15) is 0 Å². The van der Waals surface area contributed by atoms with Crippen LogP contribution in [-0.2, 0) is 16.1 Å². The van der Waals surface area contributed by atoms with Crippen LogP contribution in [0.25, 0.3) is 0 Å². The molecule has 1 aromatic carbocycles. The van der Waals surface area contributed by atoms with E-state index >= 15 is 0 Å². The highest BCUT2D eigenvalue weighted by Gasteiger charge is 2.49. The lowest BCUT2D eigenvalue weighted by molar-refractivity contribution is -0.134. The van der Waals surface area contributed by atoms with Crippen LogP contribution >= 0.6 is 0 Å². The van der Waals surface area contributed by atoms with E-state index in [0.29, 0.717) is 18.9 Å². The van der Waals surface area contributed by atoms with E-state index < -0.39 is 0 Å². The molecule has 2 atom stereocenters. The molecule has 1 saturated carbocycles. The van der Waals surface area contributed by atoms with Crippen molar-refractivity contribution in [3.8, 4) is 0 Å². The smallest absolute Gasteiger partial charge is 0.228 e. The lowest BCUT2D eigenvalue weighted by Crippen LogP contribution is -2.47. The molecule has 0 spiro atoms. The van der Waals surface area contributed by atoms with Crippen LogP contribution in [0.1, 0.15) is 50.5 Å².